The van der Waals surface area contributed by atoms with E-state index in [4.69, 9.17) is 0 Å². The summed E-state index contributed by atoms with van der Waals surface area (Å²) in [6, 6.07) is 2.96. The van der Waals surface area contributed by atoms with Crippen molar-refractivity contribution in [2.24, 2.45) is 0 Å². The van der Waals surface area contributed by atoms with Crippen LogP contribution in [0.25, 0.3) is 10.6 Å². The summed E-state index contributed by atoms with van der Waals surface area (Å²) in [5.41, 5.74) is 2.03. The molecule has 0 aliphatic heterocycles. The van der Waals surface area contributed by atoms with Crippen LogP contribution in [0.3, 0.4) is 0 Å². The van der Waals surface area contributed by atoms with Crippen LogP contribution < -0.4 is 0 Å². The lowest BCUT2D eigenvalue weighted by molar-refractivity contribution is 0.626. The summed E-state index contributed by atoms with van der Waals surface area (Å²) in [6.45, 7) is 0. The van der Waals surface area contributed by atoms with Gasteiger partial charge in [-0.3, -0.25) is 9.97 Å². The molecule has 0 bridgehead atoms. The number of hydrogen-bond acceptors (Lipinski definition) is 3. The molecule has 0 aromatic carbocycles. The van der Waals surface area contributed by atoms with E-state index in [-0.39, 0.29) is 5.82 Å². The van der Waals surface area contributed by atoms with Crippen molar-refractivity contribution in [3.63, 3.8) is 0 Å². The molecule has 0 fully saturated rings. The second kappa shape index (κ2) is 2.98. The Bertz CT molecular complexity index is 372. The topological polar surface area (TPSA) is 25.8 Å². The largest absolute Gasteiger partial charge is 0.252 e. The van der Waals surface area contributed by atoms with Gasteiger partial charge in [-0.1, -0.05) is 0 Å². The van der Waals surface area contributed by atoms with E-state index >= 15 is 0 Å². The molecule has 0 aliphatic rings. The molecule has 2 heterocycles. The average molecular weight is 180 g/mol. The van der Waals surface area contributed by atoms with Crippen LogP contribution in [0, 0.1) is 5.82 Å². The summed E-state index contributed by atoms with van der Waals surface area (Å²) in [6.07, 6.45) is 3.17. The zero-order valence-electron chi connectivity index (χ0n) is 6.07. The average Bonchev–Trinajstić information content (AvgIpc) is 2.57. The molecular formula is C8H5FN2S. The molecule has 0 radical (unpaired) electrons. The van der Waals surface area contributed by atoms with E-state index in [0.717, 1.165) is 4.88 Å². The predicted octanol–water partition coefficient (Wildman–Crippen LogP) is 2.34. The molecule has 2 rings (SSSR count). The van der Waals surface area contributed by atoms with Gasteiger partial charge >= 0.3 is 0 Å². The van der Waals surface area contributed by atoms with Crippen LogP contribution in [0.2, 0.25) is 0 Å². The molecule has 0 unspecified atom stereocenters. The van der Waals surface area contributed by atoms with Gasteiger partial charge in [-0.2, -0.15) is 0 Å². The molecular weight excluding hydrogens is 175 g/mol. The van der Waals surface area contributed by atoms with E-state index in [9.17, 15) is 4.39 Å². The van der Waals surface area contributed by atoms with Crippen molar-refractivity contribution < 1.29 is 4.39 Å². The highest BCUT2D eigenvalue weighted by molar-refractivity contribution is 7.13. The van der Waals surface area contributed by atoms with Gasteiger partial charge in [0, 0.05) is 12.4 Å². The normalized spacial score (nSPS) is 10.1. The van der Waals surface area contributed by atoms with Crippen LogP contribution in [-0.4, -0.2) is 9.97 Å². The Morgan fingerprint density at radius 3 is 3.00 bits per heavy atom. The van der Waals surface area contributed by atoms with Crippen molar-refractivity contribution in [1.29, 1.82) is 0 Å². The fraction of sp³-hybridized carbons (Fsp3) is 0. The third kappa shape index (κ3) is 1.21. The smallest absolute Gasteiger partial charge is 0.150 e. The lowest BCUT2D eigenvalue weighted by Crippen LogP contribution is -1.84. The zero-order valence-corrected chi connectivity index (χ0v) is 6.88. The Labute approximate surface area is 72.7 Å². The summed E-state index contributed by atoms with van der Waals surface area (Å²) in [5.74, 6) is -0.304. The highest BCUT2D eigenvalue weighted by Gasteiger charge is 2.05. The third-order valence-corrected chi connectivity index (χ3v) is 2.20. The maximum Gasteiger partial charge on any atom is 0.150 e. The zero-order chi connectivity index (χ0) is 8.39. The summed E-state index contributed by atoms with van der Waals surface area (Å²) in [4.78, 5) is 8.53. The van der Waals surface area contributed by atoms with Crippen molar-refractivity contribution in [3.05, 3.63) is 35.9 Å². The van der Waals surface area contributed by atoms with Crippen LogP contribution in [0.1, 0.15) is 0 Å². The Balaban J connectivity index is 2.55. The molecule has 0 N–H and O–H groups in total. The van der Waals surface area contributed by atoms with Crippen molar-refractivity contribution in [1.82, 2.24) is 9.97 Å². The van der Waals surface area contributed by atoms with E-state index in [0.29, 0.717) is 5.69 Å². The molecule has 0 saturated heterocycles. The van der Waals surface area contributed by atoms with E-state index in [1.807, 2.05) is 0 Å². The Kier molecular flexibility index (Phi) is 1.83. The number of aromatic nitrogens is 2. The van der Waals surface area contributed by atoms with Crippen LogP contribution in [-0.2, 0) is 0 Å². The minimum Gasteiger partial charge on any atom is -0.252 e. The second-order valence-corrected chi connectivity index (χ2v) is 3.09. The predicted molar refractivity (Wildman–Crippen MR) is 45.3 cm³/mol. The van der Waals surface area contributed by atoms with Gasteiger partial charge in [0.2, 0.25) is 0 Å². The number of nitrogens with zero attached hydrogens (tertiary/aromatic N) is 2. The highest BCUT2D eigenvalue weighted by atomic mass is 32.1. The highest BCUT2D eigenvalue weighted by Crippen LogP contribution is 2.22. The van der Waals surface area contributed by atoms with Crippen LogP contribution in [0.15, 0.2) is 30.0 Å². The monoisotopic (exact) mass is 180 g/mol. The van der Waals surface area contributed by atoms with Gasteiger partial charge in [0.25, 0.3) is 0 Å². The third-order valence-electron chi connectivity index (χ3n) is 1.42. The first kappa shape index (κ1) is 7.36. The molecule has 12 heavy (non-hydrogen) atoms. The molecule has 0 saturated carbocycles. The lowest BCUT2D eigenvalue weighted by atomic mass is 10.3. The number of rotatable bonds is 1. The molecule has 0 aliphatic carbocycles. The van der Waals surface area contributed by atoms with Gasteiger partial charge in [-0.15, -0.1) is 11.3 Å². The summed E-state index contributed by atoms with van der Waals surface area (Å²) in [7, 11) is 0. The summed E-state index contributed by atoms with van der Waals surface area (Å²) >= 11 is 1.38. The van der Waals surface area contributed by atoms with Gasteiger partial charge in [-0.25, -0.2) is 4.39 Å². The lowest BCUT2D eigenvalue weighted by Gasteiger charge is -1.95. The molecule has 0 amide bonds. The number of halogens is 1. The quantitative estimate of drug-likeness (QED) is 0.673. The standard InChI is InChI=1S/C8H5FN2S/c9-6-2-1-3-11-8(6)7-4-10-5-12-7/h1-5H. The Hall–Kier alpha value is -1.29. The van der Waals surface area contributed by atoms with Gasteiger partial charge in [0.1, 0.15) is 11.5 Å². The molecule has 0 atom stereocenters. The van der Waals surface area contributed by atoms with E-state index < -0.39 is 0 Å². The van der Waals surface area contributed by atoms with Crippen molar-refractivity contribution >= 4 is 11.3 Å². The fourth-order valence-electron chi connectivity index (χ4n) is 0.900. The van der Waals surface area contributed by atoms with Gasteiger partial charge in [0.15, 0.2) is 0 Å². The maximum atomic E-state index is 13.1. The van der Waals surface area contributed by atoms with Crippen molar-refractivity contribution in [2.75, 3.05) is 0 Å². The molecule has 4 heteroatoms. The van der Waals surface area contributed by atoms with E-state index in [1.165, 1.54) is 17.4 Å². The van der Waals surface area contributed by atoms with Gasteiger partial charge in [0.05, 0.1) is 10.4 Å². The molecule has 2 nitrogen and oxygen atoms in total. The van der Waals surface area contributed by atoms with E-state index in [2.05, 4.69) is 9.97 Å². The minimum absolute atomic E-state index is 0.304. The van der Waals surface area contributed by atoms with Crippen LogP contribution in [0.5, 0.6) is 0 Å². The van der Waals surface area contributed by atoms with E-state index in [1.54, 1.807) is 24.0 Å². The SMILES string of the molecule is Fc1cccnc1-c1cncs1. The van der Waals surface area contributed by atoms with Crippen molar-refractivity contribution in [2.45, 2.75) is 0 Å². The molecule has 0 spiro atoms. The first-order chi connectivity index (χ1) is 5.88. The fourth-order valence-corrected chi connectivity index (χ4v) is 1.52. The molecule has 2 aromatic heterocycles. The number of pyridine rings is 1. The second-order valence-electron chi connectivity index (χ2n) is 2.20. The van der Waals surface area contributed by atoms with Crippen LogP contribution in [0.4, 0.5) is 4.39 Å². The minimum atomic E-state index is -0.304. The molecule has 60 valence electrons. The summed E-state index contributed by atoms with van der Waals surface area (Å²) < 4.78 is 13.1. The summed E-state index contributed by atoms with van der Waals surface area (Å²) in [5, 5.41) is 0. The first-order valence-electron chi connectivity index (χ1n) is 3.37. The van der Waals surface area contributed by atoms with Crippen molar-refractivity contribution in [3.8, 4) is 10.6 Å². The maximum absolute atomic E-state index is 13.1. The van der Waals surface area contributed by atoms with Crippen LogP contribution >= 0.6 is 11.3 Å². The van der Waals surface area contributed by atoms with Gasteiger partial charge in [-0.05, 0) is 12.1 Å². The molecule has 2 aromatic rings. The first-order valence-corrected chi connectivity index (χ1v) is 4.25. The Morgan fingerprint density at radius 1 is 1.42 bits per heavy atom. The van der Waals surface area contributed by atoms with Gasteiger partial charge < -0.3 is 0 Å². The number of hydrogen-bond donors (Lipinski definition) is 0. The Morgan fingerprint density at radius 2 is 2.33 bits per heavy atom. The number of thiazole rings is 1.